The van der Waals surface area contributed by atoms with Crippen molar-refractivity contribution >= 4 is 0 Å². The molecule has 18 heavy (non-hydrogen) atoms. The molecule has 2 rings (SSSR count). The van der Waals surface area contributed by atoms with Crippen LogP contribution in [0.3, 0.4) is 0 Å². The first kappa shape index (κ1) is 12.7. The number of aromatic amines is 1. The van der Waals surface area contributed by atoms with E-state index in [4.69, 9.17) is 16.3 Å². The van der Waals surface area contributed by atoms with E-state index in [1.165, 1.54) is 0 Å². The highest BCUT2D eigenvalue weighted by molar-refractivity contribution is 5.31. The van der Waals surface area contributed by atoms with Gasteiger partial charge in [0.1, 0.15) is 35.8 Å². The molecule has 1 aromatic heterocycles. The fraction of sp³-hybridized carbons (Fsp3) is 0.455. The van der Waals surface area contributed by atoms with Gasteiger partial charge >= 0.3 is 0 Å². The van der Waals surface area contributed by atoms with Gasteiger partial charge in [0.15, 0.2) is 0 Å². The number of hydrogen-bond acceptors (Lipinski definition) is 6. The van der Waals surface area contributed by atoms with E-state index >= 15 is 0 Å². The molecule has 1 aliphatic rings. The van der Waals surface area contributed by atoms with Crippen molar-refractivity contribution in [3.05, 3.63) is 27.9 Å². The second kappa shape index (κ2) is 4.88. The fourth-order valence-corrected chi connectivity index (χ4v) is 1.86. The molecule has 0 saturated carbocycles. The first-order valence-corrected chi connectivity index (χ1v) is 5.26. The minimum absolute atomic E-state index is 0.0809. The maximum absolute atomic E-state index is 11.1. The number of nitrogens with one attached hydrogen (secondary N) is 1. The molecule has 4 atom stereocenters. The zero-order chi connectivity index (χ0) is 13.3. The Bertz CT molecular complexity index is 535. The molecule has 1 aliphatic heterocycles. The van der Waals surface area contributed by atoms with Crippen LogP contribution in [0.2, 0.25) is 0 Å². The third-order valence-electron chi connectivity index (χ3n) is 2.78. The minimum atomic E-state index is -1.27. The van der Waals surface area contributed by atoms with Gasteiger partial charge in [-0.25, -0.2) is 4.98 Å². The number of terminal acetylenes is 1. The summed E-state index contributed by atoms with van der Waals surface area (Å²) in [6.45, 7) is -0.441. The van der Waals surface area contributed by atoms with E-state index in [9.17, 15) is 15.0 Å². The normalized spacial score (nSPS) is 31.2. The molecular formula is C11H12N2O5. The SMILES string of the molecule is C#Cc1[nH]c(=O)cnc1[C@@H]1O[C@H](CO)C(O)[C@@H]1O. The highest BCUT2D eigenvalue weighted by atomic mass is 16.6. The smallest absolute Gasteiger partial charge is 0.267 e. The minimum Gasteiger partial charge on any atom is -0.394 e. The van der Waals surface area contributed by atoms with Crippen molar-refractivity contribution in [3.63, 3.8) is 0 Å². The fourth-order valence-electron chi connectivity index (χ4n) is 1.86. The highest BCUT2D eigenvalue weighted by Gasteiger charge is 2.44. The lowest BCUT2D eigenvalue weighted by molar-refractivity contribution is -0.0241. The van der Waals surface area contributed by atoms with E-state index in [1.54, 1.807) is 0 Å². The van der Waals surface area contributed by atoms with Crippen molar-refractivity contribution in [2.75, 3.05) is 6.61 Å². The van der Waals surface area contributed by atoms with E-state index in [2.05, 4.69) is 15.9 Å². The third-order valence-corrected chi connectivity index (χ3v) is 2.78. The topological polar surface area (TPSA) is 116 Å². The third kappa shape index (κ3) is 2.02. The van der Waals surface area contributed by atoms with Crippen LogP contribution in [-0.4, -0.2) is 50.2 Å². The molecule has 0 amide bonds. The lowest BCUT2D eigenvalue weighted by Crippen LogP contribution is -2.32. The van der Waals surface area contributed by atoms with Gasteiger partial charge in [-0.15, -0.1) is 6.42 Å². The van der Waals surface area contributed by atoms with E-state index < -0.39 is 36.6 Å². The Morgan fingerprint density at radius 2 is 2.22 bits per heavy atom. The Morgan fingerprint density at radius 1 is 1.50 bits per heavy atom. The summed E-state index contributed by atoms with van der Waals surface area (Å²) in [5, 5.41) is 28.4. The van der Waals surface area contributed by atoms with Crippen molar-refractivity contribution in [3.8, 4) is 12.3 Å². The van der Waals surface area contributed by atoms with Crippen LogP contribution in [0.1, 0.15) is 17.5 Å². The molecule has 0 spiro atoms. The molecule has 96 valence electrons. The molecule has 0 bridgehead atoms. The number of aromatic nitrogens is 2. The number of H-pyrrole nitrogens is 1. The molecule has 0 aromatic carbocycles. The highest BCUT2D eigenvalue weighted by Crippen LogP contribution is 2.32. The van der Waals surface area contributed by atoms with Crippen LogP contribution >= 0.6 is 0 Å². The van der Waals surface area contributed by atoms with E-state index in [0.29, 0.717) is 0 Å². The predicted octanol–water partition coefficient (Wildman–Crippen LogP) is -2.09. The van der Waals surface area contributed by atoms with E-state index in [1.807, 2.05) is 0 Å². The molecule has 1 aromatic rings. The number of nitrogens with zero attached hydrogens (tertiary/aromatic N) is 1. The van der Waals surface area contributed by atoms with Crippen LogP contribution in [0.15, 0.2) is 11.0 Å². The van der Waals surface area contributed by atoms with Crippen molar-refractivity contribution in [2.45, 2.75) is 24.4 Å². The first-order chi connectivity index (χ1) is 8.58. The van der Waals surface area contributed by atoms with Gasteiger partial charge < -0.3 is 25.0 Å². The zero-order valence-corrected chi connectivity index (χ0v) is 9.28. The van der Waals surface area contributed by atoms with Crippen LogP contribution in [0.25, 0.3) is 0 Å². The summed E-state index contributed by atoms with van der Waals surface area (Å²) in [7, 11) is 0. The van der Waals surface area contributed by atoms with Gasteiger partial charge in [0, 0.05) is 0 Å². The summed E-state index contributed by atoms with van der Waals surface area (Å²) in [5.41, 5.74) is -0.240. The molecule has 2 heterocycles. The monoisotopic (exact) mass is 252 g/mol. The maximum atomic E-state index is 11.1. The van der Waals surface area contributed by atoms with Gasteiger partial charge in [0.2, 0.25) is 0 Å². The summed E-state index contributed by atoms with van der Waals surface area (Å²) >= 11 is 0. The van der Waals surface area contributed by atoms with Gasteiger partial charge in [0.05, 0.1) is 12.8 Å². The zero-order valence-electron chi connectivity index (χ0n) is 9.28. The van der Waals surface area contributed by atoms with Crippen molar-refractivity contribution < 1.29 is 20.1 Å². The van der Waals surface area contributed by atoms with Crippen LogP contribution in [-0.2, 0) is 4.74 Å². The van der Waals surface area contributed by atoms with Crippen molar-refractivity contribution in [1.82, 2.24) is 9.97 Å². The molecular weight excluding hydrogens is 240 g/mol. The Labute approximate surface area is 102 Å². The molecule has 1 fully saturated rings. The van der Waals surface area contributed by atoms with Crippen LogP contribution in [0.4, 0.5) is 0 Å². The quantitative estimate of drug-likeness (QED) is 0.448. The molecule has 0 aliphatic carbocycles. The summed E-state index contributed by atoms with van der Waals surface area (Å²) < 4.78 is 5.27. The summed E-state index contributed by atoms with van der Waals surface area (Å²) in [6, 6.07) is 0. The van der Waals surface area contributed by atoms with Crippen molar-refractivity contribution in [2.24, 2.45) is 0 Å². The van der Waals surface area contributed by atoms with Gasteiger partial charge in [-0.3, -0.25) is 4.79 Å². The van der Waals surface area contributed by atoms with Gasteiger partial charge in [-0.1, -0.05) is 5.92 Å². The maximum Gasteiger partial charge on any atom is 0.267 e. The predicted molar refractivity (Wildman–Crippen MR) is 59.5 cm³/mol. The number of ether oxygens (including phenoxy) is 1. The van der Waals surface area contributed by atoms with Gasteiger partial charge in [0.25, 0.3) is 5.56 Å². The summed E-state index contributed by atoms with van der Waals surface area (Å²) in [4.78, 5) is 17.3. The summed E-state index contributed by atoms with van der Waals surface area (Å²) in [5.74, 6) is 2.23. The summed E-state index contributed by atoms with van der Waals surface area (Å²) in [6.07, 6.45) is 1.82. The Hall–Kier alpha value is -1.72. The number of hydrogen-bond donors (Lipinski definition) is 4. The lowest BCUT2D eigenvalue weighted by Gasteiger charge is -2.14. The number of aliphatic hydroxyl groups excluding tert-OH is 3. The van der Waals surface area contributed by atoms with Crippen LogP contribution in [0, 0.1) is 12.3 Å². The Balaban J connectivity index is 2.39. The van der Waals surface area contributed by atoms with E-state index in [0.717, 1.165) is 6.20 Å². The molecule has 1 unspecified atom stereocenters. The second-order valence-corrected chi connectivity index (χ2v) is 3.91. The lowest BCUT2D eigenvalue weighted by atomic mass is 10.0. The Kier molecular flexibility index (Phi) is 3.45. The first-order valence-electron chi connectivity index (χ1n) is 5.26. The van der Waals surface area contributed by atoms with Gasteiger partial charge in [-0.05, 0) is 0 Å². The standard InChI is InChI=1S/C11H12N2O5/c1-2-5-8(12-3-7(15)13-5)11-10(17)9(16)6(4-14)18-11/h1,3,6,9-11,14,16-17H,4H2,(H,13,15)/t6-,9?,10+,11+/m1/s1. The van der Waals surface area contributed by atoms with Crippen LogP contribution < -0.4 is 5.56 Å². The molecule has 4 N–H and O–H groups in total. The number of aliphatic hydroxyl groups is 3. The molecule has 1 saturated heterocycles. The van der Waals surface area contributed by atoms with E-state index in [-0.39, 0.29) is 11.4 Å². The van der Waals surface area contributed by atoms with Gasteiger partial charge in [-0.2, -0.15) is 0 Å². The second-order valence-electron chi connectivity index (χ2n) is 3.91. The van der Waals surface area contributed by atoms with Crippen molar-refractivity contribution in [1.29, 1.82) is 0 Å². The molecule has 7 nitrogen and oxygen atoms in total. The van der Waals surface area contributed by atoms with Crippen LogP contribution in [0.5, 0.6) is 0 Å². The average Bonchev–Trinajstić information content (AvgIpc) is 2.66. The Morgan fingerprint density at radius 3 is 2.78 bits per heavy atom. The largest absolute Gasteiger partial charge is 0.394 e. The molecule has 0 radical (unpaired) electrons. The number of rotatable bonds is 2. The molecule has 7 heteroatoms. The average molecular weight is 252 g/mol.